The highest BCUT2D eigenvalue weighted by molar-refractivity contribution is 6.30. The molecule has 0 aliphatic rings. The van der Waals surface area contributed by atoms with Crippen molar-refractivity contribution < 1.29 is 9.47 Å². The van der Waals surface area contributed by atoms with Gasteiger partial charge in [0.25, 0.3) is 0 Å². The summed E-state index contributed by atoms with van der Waals surface area (Å²) < 4.78 is 10.9. The van der Waals surface area contributed by atoms with Crippen LogP contribution < -0.4 is 14.8 Å². The molecule has 0 aliphatic heterocycles. The van der Waals surface area contributed by atoms with Crippen LogP contribution in [0.3, 0.4) is 0 Å². The molecular weight excluding hydrogens is 345 g/mol. The number of rotatable bonds is 9. The van der Waals surface area contributed by atoms with Crippen LogP contribution in [0.15, 0.2) is 55.1 Å². The van der Waals surface area contributed by atoms with E-state index in [4.69, 9.17) is 21.1 Å². The van der Waals surface area contributed by atoms with E-state index in [9.17, 15) is 0 Å². The highest BCUT2D eigenvalue weighted by Gasteiger charge is 2.05. The Morgan fingerprint density at radius 1 is 1.08 bits per heavy atom. The van der Waals surface area contributed by atoms with E-state index in [-0.39, 0.29) is 12.4 Å². The van der Waals surface area contributed by atoms with E-state index in [1.54, 1.807) is 13.2 Å². The Hall–Kier alpha value is -1.68. The summed E-state index contributed by atoms with van der Waals surface area (Å²) in [5, 5.41) is 4.20. The lowest BCUT2D eigenvalue weighted by molar-refractivity contribution is 0.326. The van der Waals surface area contributed by atoms with Gasteiger partial charge in [-0.2, -0.15) is 0 Å². The van der Waals surface area contributed by atoms with Gasteiger partial charge in [0.1, 0.15) is 6.61 Å². The second-order valence-corrected chi connectivity index (χ2v) is 5.57. The first kappa shape index (κ1) is 20.4. The molecule has 3 nitrogen and oxygen atoms in total. The third-order valence-corrected chi connectivity index (χ3v) is 3.67. The fourth-order valence-electron chi connectivity index (χ4n) is 2.21. The summed E-state index contributed by atoms with van der Waals surface area (Å²) in [5.41, 5.74) is 2.43. The molecule has 0 aromatic heterocycles. The first-order chi connectivity index (χ1) is 11.2. The van der Waals surface area contributed by atoms with Crippen molar-refractivity contribution in [2.45, 2.75) is 13.0 Å². The topological polar surface area (TPSA) is 30.5 Å². The molecule has 0 saturated carbocycles. The number of hydrogen-bond acceptors (Lipinski definition) is 3. The highest BCUT2D eigenvalue weighted by atomic mass is 35.5. The number of nitrogens with one attached hydrogen (secondary N) is 1. The van der Waals surface area contributed by atoms with Gasteiger partial charge in [-0.15, -0.1) is 12.4 Å². The first-order valence-electron chi connectivity index (χ1n) is 7.58. The second kappa shape index (κ2) is 11.0. The van der Waals surface area contributed by atoms with Crippen molar-refractivity contribution in [3.05, 3.63) is 71.3 Å². The average molecular weight is 368 g/mol. The highest BCUT2D eigenvalue weighted by Crippen LogP contribution is 2.28. The number of hydrogen-bond donors (Lipinski definition) is 1. The molecule has 0 amide bonds. The summed E-state index contributed by atoms with van der Waals surface area (Å²) in [7, 11) is 1.65. The standard InChI is InChI=1S/C19H22ClNO2.ClH/c1-3-12-23-18-9-6-16(13-19(18)22-2)14-21-11-10-15-4-7-17(20)8-5-15;/h3-9,13,21H,1,10-12,14H2,2H3;1H. The zero-order chi connectivity index (χ0) is 16.5. The Morgan fingerprint density at radius 2 is 1.79 bits per heavy atom. The van der Waals surface area contributed by atoms with E-state index in [0.717, 1.165) is 41.6 Å². The predicted octanol–water partition coefficient (Wildman–Crippen LogP) is 4.67. The van der Waals surface area contributed by atoms with Gasteiger partial charge in [-0.05, 0) is 48.4 Å². The van der Waals surface area contributed by atoms with Gasteiger partial charge >= 0.3 is 0 Å². The minimum absolute atomic E-state index is 0. The van der Waals surface area contributed by atoms with E-state index in [1.807, 2.05) is 30.3 Å². The second-order valence-electron chi connectivity index (χ2n) is 5.14. The molecular formula is C19H23Cl2NO2. The Bertz CT molecular complexity index is 630. The number of ether oxygens (including phenoxy) is 2. The van der Waals surface area contributed by atoms with Gasteiger partial charge in [0, 0.05) is 11.6 Å². The van der Waals surface area contributed by atoms with Crippen LogP contribution in [-0.2, 0) is 13.0 Å². The lowest BCUT2D eigenvalue weighted by Crippen LogP contribution is -2.16. The maximum Gasteiger partial charge on any atom is 0.161 e. The van der Waals surface area contributed by atoms with Gasteiger partial charge in [0.2, 0.25) is 0 Å². The largest absolute Gasteiger partial charge is 0.493 e. The average Bonchev–Trinajstić information content (AvgIpc) is 2.58. The quantitative estimate of drug-likeness (QED) is 0.516. The van der Waals surface area contributed by atoms with Crippen LogP contribution in [0.25, 0.3) is 0 Å². The first-order valence-corrected chi connectivity index (χ1v) is 7.96. The molecule has 2 aromatic carbocycles. The van der Waals surface area contributed by atoms with Crippen molar-refractivity contribution in [2.24, 2.45) is 0 Å². The molecule has 24 heavy (non-hydrogen) atoms. The monoisotopic (exact) mass is 367 g/mol. The summed E-state index contributed by atoms with van der Waals surface area (Å²) in [5.74, 6) is 1.47. The van der Waals surface area contributed by atoms with Crippen molar-refractivity contribution in [3.63, 3.8) is 0 Å². The van der Waals surface area contributed by atoms with Crippen molar-refractivity contribution >= 4 is 24.0 Å². The third kappa shape index (κ3) is 6.44. The molecule has 2 rings (SSSR count). The molecule has 130 valence electrons. The van der Waals surface area contributed by atoms with E-state index in [0.29, 0.717) is 6.61 Å². The molecule has 2 aromatic rings. The molecule has 0 saturated heterocycles. The fraction of sp³-hybridized carbons (Fsp3) is 0.263. The van der Waals surface area contributed by atoms with Crippen LogP contribution in [-0.4, -0.2) is 20.3 Å². The molecule has 0 bridgehead atoms. The molecule has 0 radical (unpaired) electrons. The molecule has 1 N–H and O–H groups in total. The molecule has 0 fully saturated rings. The predicted molar refractivity (Wildman–Crippen MR) is 103 cm³/mol. The molecule has 0 spiro atoms. The lowest BCUT2D eigenvalue weighted by atomic mass is 10.1. The van der Waals surface area contributed by atoms with Crippen LogP contribution in [0, 0.1) is 0 Å². The van der Waals surface area contributed by atoms with E-state index in [2.05, 4.69) is 24.0 Å². The normalized spacial score (nSPS) is 9.92. The van der Waals surface area contributed by atoms with Crippen LogP contribution >= 0.6 is 24.0 Å². The summed E-state index contributed by atoms with van der Waals surface area (Å²) in [4.78, 5) is 0. The Balaban J connectivity index is 0.00000288. The molecule has 0 unspecified atom stereocenters. The van der Waals surface area contributed by atoms with Crippen molar-refractivity contribution in [2.75, 3.05) is 20.3 Å². The van der Waals surface area contributed by atoms with Gasteiger partial charge in [-0.3, -0.25) is 0 Å². The fourth-order valence-corrected chi connectivity index (χ4v) is 2.33. The minimum atomic E-state index is 0. The summed E-state index contributed by atoms with van der Waals surface area (Å²) in [6.07, 6.45) is 2.68. The van der Waals surface area contributed by atoms with Gasteiger partial charge in [0.05, 0.1) is 7.11 Å². The summed E-state index contributed by atoms with van der Waals surface area (Å²) in [6.45, 7) is 5.80. The SMILES string of the molecule is C=CCOc1ccc(CNCCc2ccc(Cl)cc2)cc1OC.Cl. The Labute approximate surface area is 155 Å². The van der Waals surface area contributed by atoms with E-state index in [1.165, 1.54) is 5.56 Å². The Morgan fingerprint density at radius 3 is 2.46 bits per heavy atom. The van der Waals surface area contributed by atoms with Crippen molar-refractivity contribution in [1.82, 2.24) is 5.32 Å². The van der Waals surface area contributed by atoms with Crippen LogP contribution in [0.2, 0.25) is 5.02 Å². The van der Waals surface area contributed by atoms with Crippen LogP contribution in [0.1, 0.15) is 11.1 Å². The van der Waals surface area contributed by atoms with Gasteiger partial charge in [0.15, 0.2) is 11.5 Å². The van der Waals surface area contributed by atoms with Crippen LogP contribution in [0.4, 0.5) is 0 Å². The summed E-state index contributed by atoms with van der Waals surface area (Å²) in [6, 6.07) is 13.9. The van der Waals surface area contributed by atoms with Crippen molar-refractivity contribution in [3.8, 4) is 11.5 Å². The third-order valence-electron chi connectivity index (χ3n) is 3.42. The zero-order valence-electron chi connectivity index (χ0n) is 13.8. The van der Waals surface area contributed by atoms with Crippen molar-refractivity contribution in [1.29, 1.82) is 0 Å². The lowest BCUT2D eigenvalue weighted by Gasteiger charge is -2.11. The molecule has 0 atom stereocenters. The molecule has 5 heteroatoms. The maximum atomic E-state index is 5.88. The Kier molecular flexibility index (Phi) is 9.31. The van der Waals surface area contributed by atoms with Crippen LogP contribution in [0.5, 0.6) is 11.5 Å². The zero-order valence-corrected chi connectivity index (χ0v) is 15.3. The van der Waals surface area contributed by atoms with Gasteiger partial charge in [-0.25, -0.2) is 0 Å². The minimum Gasteiger partial charge on any atom is -0.493 e. The van der Waals surface area contributed by atoms with Gasteiger partial charge < -0.3 is 14.8 Å². The van der Waals surface area contributed by atoms with Gasteiger partial charge in [-0.1, -0.05) is 42.5 Å². The molecule has 0 aliphatic carbocycles. The van der Waals surface area contributed by atoms with E-state index < -0.39 is 0 Å². The smallest absolute Gasteiger partial charge is 0.161 e. The maximum absolute atomic E-state index is 5.88. The summed E-state index contributed by atoms with van der Waals surface area (Å²) >= 11 is 5.88. The van der Waals surface area contributed by atoms with E-state index >= 15 is 0 Å². The number of methoxy groups -OCH3 is 1. The number of halogens is 2. The number of benzene rings is 2. The molecule has 0 heterocycles.